The van der Waals surface area contributed by atoms with Crippen molar-refractivity contribution in [3.05, 3.63) is 17.5 Å². The molecule has 1 heterocycles. The van der Waals surface area contributed by atoms with Crippen LogP contribution in [-0.4, -0.2) is 21.7 Å². The van der Waals surface area contributed by atoms with Crippen LogP contribution in [0.25, 0.3) is 0 Å². The lowest BCUT2D eigenvalue weighted by Gasteiger charge is -2.01. The summed E-state index contributed by atoms with van der Waals surface area (Å²) >= 11 is 3.38. The Balaban J connectivity index is 2.50. The monoisotopic (exact) mass is 245 g/mol. The highest BCUT2D eigenvalue weighted by Crippen LogP contribution is 2.02. The smallest absolute Gasteiger partial charge is 0.0625 e. The number of alkyl halides is 1. The van der Waals surface area contributed by atoms with Crippen molar-refractivity contribution in [2.24, 2.45) is 7.05 Å². The van der Waals surface area contributed by atoms with Crippen molar-refractivity contribution in [3.8, 4) is 0 Å². The molecule has 0 fully saturated rings. The Kier molecular flexibility index (Phi) is 4.45. The summed E-state index contributed by atoms with van der Waals surface area (Å²) in [6.45, 7) is 4.01. The van der Waals surface area contributed by atoms with Crippen LogP contribution < -0.4 is 5.32 Å². The van der Waals surface area contributed by atoms with E-state index in [4.69, 9.17) is 0 Å². The molecule has 0 aliphatic heterocycles. The van der Waals surface area contributed by atoms with Gasteiger partial charge in [0.05, 0.1) is 11.4 Å². The largest absolute Gasteiger partial charge is 0.310 e. The first-order valence-corrected chi connectivity index (χ1v) is 5.68. The molecule has 4 heteroatoms. The molecular weight excluding hydrogens is 230 g/mol. The van der Waals surface area contributed by atoms with E-state index in [2.05, 4.69) is 39.3 Å². The summed E-state index contributed by atoms with van der Waals surface area (Å²) in [5.41, 5.74) is 2.41. The van der Waals surface area contributed by atoms with Crippen LogP contribution in [0.1, 0.15) is 18.3 Å². The number of nitrogens with one attached hydrogen (secondary N) is 1. The van der Waals surface area contributed by atoms with Gasteiger partial charge in [0.25, 0.3) is 0 Å². The fourth-order valence-corrected chi connectivity index (χ4v) is 1.47. The van der Waals surface area contributed by atoms with E-state index in [1.807, 2.05) is 11.7 Å². The van der Waals surface area contributed by atoms with Crippen molar-refractivity contribution in [3.63, 3.8) is 0 Å². The minimum atomic E-state index is 0.898. The molecule has 1 rings (SSSR count). The van der Waals surface area contributed by atoms with Crippen molar-refractivity contribution in [1.82, 2.24) is 15.1 Å². The predicted molar refractivity (Wildman–Crippen MR) is 58.1 cm³/mol. The van der Waals surface area contributed by atoms with Gasteiger partial charge in [0.2, 0.25) is 0 Å². The van der Waals surface area contributed by atoms with Crippen LogP contribution >= 0.6 is 15.9 Å². The third kappa shape index (κ3) is 3.12. The number of aromatic nitrogens is 2. The lowest BCUT2D eigenvalue weighted by Crippen LogP contribution is -2.17. The molecule has 0 spiro atoms. The minimum absolute atomic E-state index is 0.898. The van der Waals surface area contributed by atoms with Crippen LogP contribution in [0, 0.1) is 0 Å². The Labute approximate surface area is 87.6 Å². The van der Waals surface area contributed by atoms with E-state index in [9.17, 15) is 0 Å². The molecule has 74 valence electrons. The van der Waals surface area contributed by atoms with Gasteiger partial charge in [-0.1, -0.05) is 22.9 Å². The molecule has 0 aliphatic rings. The van der Waals surface area contributed by atoms with Gasteiger partial charge in [-0.25, -0.2) is 0 Å². The van der Waals surface area contributed by atoms with Crippen molar-refractivity contribution >= 4 is 15.9 Å². The van der Waals surface area contributed by atoms with E-state index in [1.54, 1.807) is 0 Å². The van der Waals surface area contributed by atoms with E-state index in [-0.39, 0.29) is 0 Å². The molecule has 0 aliphatic carbocycles. The molecule has 1 aromatic rings. The lowest BCUT2D eigenvalue weighted by atomic mass is 10.3. The lowest BCUT2D eigenvalue weighted by molar-refractivity contribution is 0.642. The Hall–Kier alpha value is -0.350. The minimum Gasteiger partial charge on any atom is -0.310 e. The van der Waals surface area contributed by atoms with Crippen molar-refractivity contribution in [1.29, 1.82) is 0 Å². The summed E-state index contributed by atoms with van der Waals surface area (Å²) < 4.78 is 1.94. The van der Waals surface area contributed by atoms with Gasteiger partial charge in [-0.3, -0.25) is 4.68 Å². The zero-order valence-electron chi connectivity index (χ0n) is 8.18. The fourth-order valence-electron chi connectivity index (χ4n) is 1.19. The van der Waals surface area contributed by atoms with Crippen molar-refractivity contribution in [2.75, 3.05) is 11.9 Å². The van der Waals surface area contributed by atoms with Gasteiger partial charge in [-0.2, -0.15) is 5.10 Å². The Morgan fingerprint density at radius 2 is 2.38 bits per heavy atom. The van der Waals surface area contributed by atoms with E-state index in [0.717, 1.165) is 30.5 Å². The second-order valence-corrected chi connectivity index (χ2v) is 3.76. The van der Waals surface area contributed by atoms with Crippen LogP contribution in [-0.2, 0) is 20.0 Å². The average Bonchev–Trinajstić information content (AvgIpc) is 2.48. The normalized spacial score (nSPS) is 10.7. The number of aryl methyl sites for hydroxylation is 2. The molecule has 0 amide bonds. The number of nitrogens with zero attached hydrogens (tertiary/aromatic N) is 2. The molecule has 3 nitrogen and oxygen atoms in total. The number of hydrogen-bond donors (Lipinski definition) is 1. The SMILES string of the molecule is CCc1cc(CNCCBr)n(C)n1. The topological polar surface area (TPSA) is 29.9 Å². The quantitative estimate of drug-likeness (QED) is 0.629. The van der Waals surface area contributed by atoms with Gasteiger partial charge in [0.1, 0.15) is 0 Å². The summed E-state index contributed by atoms with van der Waals surface area (Å²) in [5, 5.41) is 8.69. The molecular formula is C9H16BrN3. The van der Waals surface area contributed by atoms with Gasteiger partial charge in [0, 0.05) is 25.5 Å². The zero-order valence-corrected chi connectivity index (χ0v) is 9.76. The summed E-state index contributed by atoms with van der Waals surface area (Å²) in [4.78, 5) is 0. The summed E-state index contributed by atoms with van der Waals surface area (Å²) in [6.07, 6.45) is 1.01. The molecule has 13 heavy (non-hydrogen) atoms. The van der Waals surface area contributed by atoms with Crippen LogP contribution in [0.4, 0.5) is 0 Å². The maximum Gasteiger partial charge on any atom is 0.0625 e. The highest BCUT2D eigenvalue weighted by atomic mass is 79.9. The molecule has 0 saturated carbocycles. The summed E-state index contributed by atoms with van der Waals surface area (Å²) in [6, 6.07) is 2.15. The standard InChI is InChI=1S/C9H16BrN3/c1-3-8-6-9(13(2)12-8)7-11-5-4-10/h6,11H,3-5,7H2,1-2H3. The second kappa shape index (κ2) is 5.40. The highest BCUT2D eigenvalue weighted by Gasteiger charge is 2.01. The third-order valence-electron chi connectivity index (χ3n) is 1.97. The first-order chi connectivity index (χ1) is 6.27. The fraction of sp³-hybridized carbons (Fsp3) is 0.667. The molecule has 0 saturated heterocycles. The van der Waals surface area contributed by atoms with E-state index in [0.29, 0.717) is 0 Å². The molecule has 0 bridgehead atoms. The van der Waals surface area contributed by atoms with Gasteiger partial charge in [-0.15, -0.1) is 0 Å². The number of hydrogen-bond acceptors (Lipinski definition) is 2. The zero-order chi connectivity index (χ0) is 9.68. The Morgan fingerprint density at radius 3 is 2.92 bits per heavy atom. The molecule has 0 aromatic carbocycles. The van der Waals surface area contributed by atoms with Crippen molar-refractivity contribution in [2.45, 2.75) is 19.9 Å². The van der Waals surface area contributed by atoms with Crippen LogP contribution in [0.3, 0.4) is 0 Å². The molecule has 1 N–H and O–H groups in total. The van der Waals surface area contributed by atoms with Gasteiger partial charge < -0.3 is 5.32 Å². The third-order valence-corrected chi connectivity index (χ3v) is 2.36. The molecule has 0 radical (unpaired) electrons. The van der Waals surface area contributed by atoms with E-state index >= 15 is 0 Å². The summed E-state index contributed by atoms with van der Waals surface area (Å²) in [5.74, 6) is 0. The van der Waals surface area contributed by atoms with Gasteiger partial charge in [0.15, 0.2) is 0 Å². The molecule has 0 atom stereocenters. The van der Waals surface area contributed by atoms with Gasteiger partial charge >= 0.3 is 0 Å². The number of rotatable bonds is 5. The first kappa shape index (κ1) is 10.7. The summed E-state index contributed by atoms with van der Waals surface area (Å²) in [7, 11) is 1.99. The maximum atomic E-state index is 4.37. The van der Waals surface area contributed by atoms with Crippen LogP contribution in [0.2, 0.25) is 0 Å². The van der Waals surface area contributed by atoms with Crippen LogP contribution in [0.15, 0.2) is 6.07 Å². The average molecular weight is 246 g/mol. The Bertz CT molecular complexity index is 257. The van der Waals surface area contributed by atoms with E-state index in [1.165, 1.54) is 5.69 Å². The Morgan fingerprint density at radius 1 is 1.62 bits per heavy atom. The molecule has 1 aromatic heterocycles. The van der Waals surface area contributed by atoms with E-state index < -0.39 is 0 Å². The molecule has 0 unspecified atom stereocenters. The number of halogens is 1. The van der Waals surface area contributed by atoms with Crippen molar-refractivity contribution < 1.29 is 0 Å². The maximum absolute atomic E-state index is 4.37. The highest BCUT2D eigenvalue weighted by molar-refractivity contribution is 9.09. The predicted octanol–water partition coefficient (Wildman–Crippen LogP) is 1.47. The van der Waals surface area contributed by atoms with Gasteiger partial charge in [-0.05, 0) is 12.5 Å². The van der Waals surface area contributed by atoms with Crippen LogP contribution in [0.5, 0.6) is 0 Å². The first-order valence-electron chi connectivity index (χ1n) is 4.56. The second-order valence-electron chi connectivity index (χ2n) is 2.97.